The molecule has 0 radical (unpaired) electrons. The first-order valence-corrected chi connectivity index (χ1v) is 6.16. The van der Waals surface area contributed by atoms with E-state index in [4.69, 9.17) is 4.42 Å². The minimum absolute atomic E-state index is 0.151. The lowest BCUT2D eigenvalue weighted by atomic mass is 10.2. The Labute approximate surface area is 119 Å². The standard InChI is InChI=1S/C15H10FN3O2/c16-11-5-3-10(4-6-11)14(20)19-15-17-8-7-12(18-15)13-2-1-9-21-13/h1-9H,(H,17,18,19,20). The van der Waals surface area contributed by atoms with Gasteiger partial charge in [-0.3, -0.25) is 10.1 Å². The number of benzene rings is 1. The van der Waals surface area contributed by atoms with Gasteiger partial charge >= 0.3 is 0 Å². The van der Waals surface area contributed by atoms with Gasteiger partial charge in [0.25, 0.3) is 5.91 Å². The summed E-state index contributed by atoms with van der Waals surface area (Å²) < 4.78 is 18.1. The van der Waals surface area contributed by atoms with E-state index in [1.165, 1.54) is 36.7 Å². The number of anilines is 1. The number of nitrogens with one attached hydrogen (secondary N) is 1. The van der Waals surface area contributed by atoms with Gasteiger partial charge in [0, 0.05) is 11.8 Å². The summed E-state index contributed by atoms with van der Waals surface area (Å²) in [6, 6.07) is 10.4. The van der Waals surface area contributed by atoms with Gasteiger partial charge in [-0.05, 0) is 42.5 Å². The zero-order chi connectivity index (χ0) is 14.7. The topological polar surface area (TPSA) is 68.0 Å². The molecule has 3 aromatic rings. The van der Waals surface area contributed by atoms with Gasteiger partial charge in [-0.1, -0.05) is 0 Å². The summed E-state index contributed by atoms with van der Waals surface area (Å²) in [5.74, 6) is -0.0814. The predicted octanol–water partition coefficient (Wildman–Crippen LogP) is 3.13. The number of carbonyl (C=O) groups is 1. The second-order valence-corrected chi connectivity index (χ2v) is 4.20. The van der Waals surface area contributed by atoms with Crippen molar-refractivity contribution in [2.45, 2.75) is 0 Å². The Morgan fingerprint density at radius 3 is 2.67 bits per heavy atom. The Kier molecular flexibility index (Phi) is 3.42. The molecular formula is C15H10FN3O2. The van der Waals surface area contributed by atoms with Crippen LogP contribution in [0.5, 0.6) is 0 Å². The van der Waals surface area contributed by atoms with Crippen LogP contribution in [-0.4, -0.2) is 15.9 Å². The summed E-state index contributed by atoms with van der Waals surface area (Å²) in [6.07, 6.45) is 3.05. The van der Waals surface area contributed by atoms with E-state index >= 15 is 0 Å². The van der Waals surface area contributed by atoms with Gasteiger partial charge in [0.1, 0.15) is 11.5 Å². The number of aromatic nitrogens is 2. The van der Waals surface area contributed by atoms with E-state index in [2.05, 4.69) is 15.3 Å². The number of hydrogen-bond donors (Lipinski definition) is 1. The lowest BCUT2D eigenvalue weighted by Gasteiger charge is -2.04. The van der Waals surface area contributed by atoms with Crippen molar-refractivity contribution in [1.29, 1.82) is 0 Å². The molecule has 3 rings (SSSR count). The fourth-order valence-corrected chi connectivity index (χ4v) is 1.76. The van der Waals surface area contributed by atoms with E-state index in [-0.39, 0.29) is 5.95 Å². The van der Waals surface area contributed by atoms with Crippen LogP contribution < -0.4 is 5.32 Å². The molecule has 21 heavy (non-hydrogen) atoms. The van der Waals surface area contributed by atoms with Crippen LogP contribution in [0, 0.1) is 5.82 Å². The van der Waals surface area contributed by atoms with E-state index in [0.717, 1.165) is 0 Å². The molecule has 1 N–H and O–H groups in total. The third-order valence-corrected chi connectivity index (χ3v) is 2.76. The molecule has 1 amide bonds. The van der Waals surface area contributed by atoms with Crippen LogP contribution in [0.2, 0.25) is 0 Å². The van der Waals surface area contributed by atoms with E-state index < -0.39 is 11.7 Å². The molecule has 0 saturated carbocycles. The van der Waals surface area contributed by atoms with Crippen LogP contribution in [-0.2, 0) is 0 Å². The predicted molar refractivity (Wildman–Crippen MR) is 74.1 cm³/mol. The fraction of sp³-hybridized carbons (Fsp3) is 0. The number of carbonyl (C=O) groups excluding carboxylic acids is 1. The summed E-state index contributed by atoms with van der Waals surface area (Å²) in [7, 11) is 0. The van der Waals surface area contributed by atoms with Crippen molar-refractivity contribution in [1.82, 2.24) is 9.97 Å². The van der Waals surface area contributed by atoms with Crippen molar-refractivity contribution < 1.29 is 13.6 Å². The van der Waals surface area contributed by atoms with Crippen molar-refractivity contribution in [2.24, 2.45) is 0 Å². The zero-order valence-electron chi connectivity index (χ0n) is 10.8. The monoisotopic (exact) mass is 283 g/mol. The molecule has 0 unspecified atom stereocenters. The Bertz CT molecular complexity index is 755. The van der Waals surface area contributed by atoms with Crippen molar-refractivity contribution in [3.63, 3.8) is 0 Å². The fourth-order valence-electron chi connectivity index (χ4n) is 1.76. The maximum atomic E-state index is 12.8. The molecule has 0 atom stereocenters. The summed E-state index contributed by atoms with van der Waals surface area (Å²) in [6.45, 7) is 0. The smallest absolute Gasteiger partial charge is 0.258 e. The Balaban J connectivity index is 1.80. The molecule has 0 bridgehead atoms. The minimum Gasteiger partial charge on any atom is -0.463 e. The Morgan fingerprint density at radius 2 is 1.95 bits per heavy atom. The lowest BCUT2D eigenvalue weighted by molar-refractivity contribution is 0.102. The molecule has 2 heterocycles. The van der Waals surface area contributed by atoms with Gasteiger partial charge in [0.15, 0.2) is 5.76 Å². The Morgan fingerprint density at radius 1 is 1.14 bits per heavy atom. The number of amides is 1. The molecule has 6 heteroatoms. The molecule has 104 valence electrons. The summed E-state index contributed by atoms with van der Waals surface area (Å²) in [5, 5.41) is 2.55. The first kappa shape index (κ1) is 13.0. The lowest BCUT2D eigenvalue weighted by Crippen LogP contribution is -2.14. The SMILES string of the molecule is O=C(Nc1nccc(-c2ccco2)n1)c1ccc(F)cc1. The normalized spacial score (nSPS) is 10.3. The average molecular weight is 283 g/mol. The molecule has 0 aliphatic heterocycles. The molecule has 5 nitrogen and oxygen atoms in total. The van der Waals surface area contributed by atoms with E-state index in [1.54, 1.807) is 18.2 Å². The van der Waals surface area contributed by atoms with Gasteiger partial charge in [0.2, 0.25) is 5.95 Å². The largest absolute Gasteiger partial charge is 0.463 e. The van der Waals surface area contributed by atoms with Gasteiger partial charge in [-0.2, -0.15) is 0 Å². The molecule has 0 saturated heterocycles. The molecule has 0 spiro atoms. The van der Waals surface area contributed by atoms with E-state index in [9.17, 15) is 9.18 Å². The molecular weight excluding hydrogens is 273 g/mol. The van der Waals surface area contributed by atoms with Crippen LogP contribution in [0.25, 0.3) is 11.5 Å². The second kappa shape index (κ2) is 5.54. The van der Waals surface area contributed by atoms with Gasteiger partial charge in [-0.25, -0.2) is 14.4 Å². The van der Waals surface area contributed by atoms with Crippen LogP contribution in [0.4, 0.5) is 10.3 Å². The second-order valence-electron chi connectivity index (χ2n) is 4.20. The maximum absolute atomic E-state index is 12.8. The molecule has 0 fully saturated rings. The molecule has 0 aliphatic carbocycles. The Hall–Kier alpha value is -3.02. The number of halogens is 1. The number of nitrogens with zero attached hydrogens (tertiary/aromatic N) is 2. The minimum atomic E-state index is -0.411. The van der Waals surface area contributed by atoms with Gasteiger partial charge in [-0.15, -0.1) is 0 Å². The third-order valence-electron chi connectivity index (χ3n) is 2.76. The zero-order valence-corrected chi connectivity index (χ0v) is 10.8. The highest BCUT2D eigenvalue weighted by Gasteiger charge is 2.09. The maximum Gasteiger partial charge on any atom is 0.258 e. The molecule has 2 aromatic heterocycles. The highest BCUT2D eigenvalue weighted by Crippen LogP contribution is 2.17. The van der Waals surface area contributed by atoms with Crippen LogP contribution in [0.15, 0.2) is 59.3 Å². The number of rotatable bonds is 3. The number of hydrogen-bond acceptors (Lipinski definition) is 4. The van der Waals surface area contributed by atoms with Crippen molar-refractivity contribution in [2.75, 3.05) is 5.32 Å². The highest BCUT2D eigenvalue weighted by molar-refractivity contribution is 6.03. The van der Waals surface area contributed by atoms with Crippen LogP contribution >= 0.6 is 0 Å². The van der Waals surface area contributed by atoms with Crippen molar-refractivity contribution >= 4 is 11.9 Å². The van der Waals surface area contributed by atoms with Gasteiger partial charge < -0.3 is 4.42 Å². The van der Waals surface area contributed by atoms with Crippen molar-refractivity contribution in [3.05, 3.63) is 66.3 Å². The molecule has 1 aromatic carbocycles. The van der Waals surface area contributed by atoms with Crippen molar-refractivity contribution in [3.8, 4) is 11.5 Å². The quantitative estimate of drug-likeness (QED) is 0.801. The first-order valence-electron chi connectivity index (χ1n) is 6.16. The third kappa shape index (κ3) is 2.94. The van der Waals surface area contributed by atoms with E-state index in [1.807, 2.05) is 0 Å². The average Bonchev–Trinajstić information content (AvgIpc) is 3.02. The summed E-state index contributed by atoms with van der Waals surface area (Å²) in [4.78, 5) is 20.1. The first-order chi connectivity index (χ1) is 10.2. The number of furan rings is 1. The van der Waals surface area contributed by atoms with Crippen LogP contribution in [0.1, 0.15) is 10.4 Å². The molecule has 0 aliphatic rings. The van der Waals surface area contributed by atoms with Gasteiger partial charge in [0.05, 0.1) is 6.26 Å². The summed E-state index contributed by atoms with van der Waals surface area (Å²) >= 11 is 0. The van der Waals surface area contributed by atoms with E-state index in [0.29, 0.717) is 17.0 Å². The van der Waals surface area contributed by atoms with Crippen LogP contribution in [0.3, 0.4) is 0 Å². The highest BCUT2D eigenvalue weighted by atomic mass is 19.1. The summed E-state index contributed by atoms with van der Waals surface area (Å²) in [5.41, 5.74) is 0.882.